The highest BCUT2D eigenvalue weighted by Gasteiger charge is 2.07. The van der Waals surface area contributed by atoms with Crippen molar-refractivity contribution in [3.8, 4) is 0 Å². The van der Waals surface area contributed by atoms with Gasteiger partial charge in [0.05, 0.1) is 5.56 Å². The van der Waals surface area contributed by atoms with Crippen molar-refractivity contribution in [2.75, 3.05) is 18.4 Å². The number of hydrogen-bond acceptors (Lipinski definition) is 4. The first-order valence-electron chi connectivity index (χ1n) is 5.57. The number of aromatic carboxylic acids is 1. The molecule has 0 fully saturated rings. The van der Waals surface area contributed by atoms with Crippen molar-refractivity contribution in [2.24, 2.45) is 0 Å². The van der Waals surface area contributed by atoms with Crippen LogP contribution >= 0.6 is 0 Å². The molecular formula is C12H19N3O2. The number of anilines is 1. The molecule has 0 amide bonds. The van der Waals surface area contributed by atoms with E-state index < -0.39 is 5.97 Å². The van der Waals surface area contributed by atoms with E-state index in [0.29, 0.717) is 5.82 Å². The minimum Gasteiger partial charge on any atom is -0.478 e. The van der Waals surface area contributed by atoms with Gasteiger partial charge in [-0.05, 0) is 32.9 Å². The van der Waals surface area contributed by atoms with Crippen LogP contribution in [-0.4, -0.2) is 34.7 Å². The molecule has 0 spiro atoms. The van der Waals surface area contributed by atoms with Gasteiger partial charge in [-0.25, -0.2) is 9.78 Å². The summed E-state index contributed by atoms with van der Waals surface area (Å²) in [6.45, 7) is 7.88. The van der Waals surface area contributed by atoms with Crippen molar-refractivity contribution in [3.63, 3.8) is 0 Å². The molecule has 0 saturated carbocycles. The topological polar surface area (TPSA) is 74.2 Å². The fraction of sp³-hybridized carbons (Fsp3) is 0.500. The maximum atomic E-state index is 10.6. The van der Waals surface area contributed by atoms with E-state index in [1.165, 1.54) is 12.3 Å². The Bertz CT molecular complexity index is 368. The third kappa shape index (κ3) is 5.31. The molecule has 94 valence electrons. The van der Waals surface area contributed by atoms with Crippen LogP contribution in [0.4, 0.5) is 5.82 Å². The predicted molar refractivity (Wildman–Crippen MR) is 67.4 cm³/mol. The number of rotatable bonds is 5. The van der Waals surface area contributed by atoms with Crippen LogP contribution in [0.2, 0.25) is 0 Å². The van der Waals surface area contributed by atoms with Gasteiger partial charge in [0.25, 0.3) is 0 Å². The van der Waals surface area contributed by atoms with Gasteiger partial charge in [-0.3, -0.25) is 0 Å². The van der Waals surface area contributed by atoms with Crippen LogP contribution in [0.25, 0.3) is 0 Å². The van der Waals surface area contributed by atoms with Crippen LogP contribution in [0.3, 0.4) is 0 Å². The molecule has 1 rings (SSSR count). The molecule has 1 aromatic heterocycles. The number of aromatic nitrogens is 1. The second-order valence-corrected chi connectivity index (χ2v) is 4.84. The molecule has 0 radical (unpaired) electrons. The molecule has 0 aliphatic rings. The zero-order valence-electron chi connectivity index (χ0n) is 10.4. The first kappa shape index (κ1) is 13.4. The van der Waals surface area contributed by atoms with Crippen LogP contribution in [0, 0.1) is 0 Å². The summed E-state index contributed by atoms with van der Waals surface area (Å²) >= 11 is 0. The van der Waals surface area contributed by atoms with Gasteiger partial charge in [0.2, 0.25) is 0 Å². The van der Waals surface area contributed by atoms with Gasteiger partial charge in [-0.15, -0.1) is 0 Å². The molecule has 5 heteroatoms. The summed E-state index contributed by atoms with van der Waals surface area (Å²) in [4.78, 5) is 14.6. The van der Waals surface area contributed by atoms with Gasteiger partial charge < -0.3 is 15.7 Å². The number of carbonyl (C=O) groups is 1. The molecule has 0 aliphatic carbocycles. The summed E-state index contributed by atoms with van der Waals surface area (Å²) in [6.07, 6.45) is 1.35. The molecule has 0 unspecified atom stereocenters. The van der Waals surface area contributed by atoms with Gasteiger partial charge in [-0.2, -0.15) is 0 Å². The van der Waals surface area contributed by atoms with E-state index in [1.807, 2.05) is 0 Å². The minimum absolute atomic E-state index is 0.0995. The second kappa shape index (κ2) is 5.63. The molecule has 1 heterocycles. The van der Waals surface area contributed by atoms with Gasteiger partial charge in [-0.1, -0.05) is 0 Å². The Hall–Kier alpha value is -1.62. The van der Waals surface area contributed by atoms with E-state index in [2.05, 4.69) is 36.4 Å². The number of nitrogens with zero attached hydrogens (tertiary/aromatic N) is 1. The SMILES string of the molecule is CC(C)(C)NCCNc1ccc(C(=O)O)cn1. The molecule has 1 aromatic rings. The van der Waals surface area contributed by atoms with E-state index >= 15 is 0 Å². The van der Waals surface area contributed by atoms with E-state index in [4.69, 9.17) is 5.11 Å². The number of pyridine rings is 1. The lowest BCUT2D eigenvalue weighted by atomic mass is 10.1. The Kier molecular flexibility index (Phi) is 4.45. The van der Waals surface area contributed by atoms with Crippen LogP contribution in [0.5, 0.6) is 0 Å². The highest BCUT2D eigenvalue weighted by Crippen LogP contribution is 2.04. The van der Waals surface area contributed by atoms with Gasteiger partial charge in [0.1, 0.15) is 5.82 Å². The van der Waals surface area contributed by atoms with Crippen molar-refractivity contribution in [1.82, 2.24) is 10.3 Å². The lowest BCUT2D eigenvalue weighted by Gasteiger charge is -2.20. The molecule has 5 nitrogen and oxygen atoms in total. The van der Waals surface area contributed by atoms with Gasteiger partial charge in [0, 0.05) is 24.8 Å². The van der Waals surface area contributed by atoms with E-state index in [1.54, 1.807) is 6.07 Å². The fourth-order valence-electron chi connectivity index (χ4n) is 1.25. The summed E-state index contributed by atoms with van der Waals surface area (Å²) in [7, 11) is 0. The Morgan fingerprint density at radius 2 is 2.06 bits per heavy atom. The van der Waals surface area contributed by atoms with Crippen LogP contribution in [0.1, 0.15) is 31.1 Å². The number of nitrogens with one attached hydrogen (secondary N) is 2. The number of carboxylic acid groups (broad SMARTS) is 1. The Balaban J connectivity index is 2.35. The maximum absolute atomic E-state index is 10.6. The highest BCUT2D eigenvalue weighted by atomic mass is 16.4. The molecule has 0 aromatic carbocycles. The summed E-state index contributed by atoms with van der Waals surface area (Å²) in [5.41, 5.74) is 0.297. The summed E-state index contributed by atoms with van der Waals surface area (Å²) in [5.74, 6) is -0.274. The molecule has 0 bridgehead atoms. The lowest BCUT2D eigenvalue weighted by Crippen LogP contribution is -2.38. The lowest BCUT2D eigenvalue weighted by molar-refractivity contribution is 0.0696. The molecule has 0 aliphatic heterocycles. The summed E-state index contributed by atoms with van der Waals surface area (Å²) in [5, 5.41) is 15.2. The van der Waals surface area contributed by atoms with Crippen molar-refractivity contribution in [3.05, 3.63) is 23.9 Å². The van der Waals surface area contributed by atoms with E-state index in [9.17, 15) is 4.79 Å². The smallest absolute Gasteiger partial charge is 0.337 e. The summed E-state index contributed by atoms with van der Waals surface area (Å²) in [6, 6.07) is 3.20. The Labute approximate surface area is 101 Å². The third-order valence-corrected chi connectivity index (χ3v) is 2.10. The zero-order chi connectivity index (χ0) is 12.9. The Morgan fingerprint density at radius 1 is 1.35 bits per heavy atom. The highest BCUT2D eigenvalue weighted by molar-refractivity contribution is 5.87. The van der Waals surface area contributed by atoms with Crippen molar-refractivity contribution in [2.45, 2.75) is 26.3 Å². The number of carboxylic acids is 1. The first-order chi connectivity index (χ1) is 7.88. The van der Waals surface area contributed by atoms with Crippen molar-refractivity contribution >= 4 is 11.8 Å². The normalized spacial score (nSPS) is 11.2. The average Bonchev–Trinajstić information content (AvgIpc) is 2.24. The zero-order valence-corrected chi connectivity index (χ0v) is 10.4. The minimum atomic E-state index is -0.960. The monoisotopic (exact) mass is 237 g/mol. The van der Waals surface area contributed by atoms with Crippen molar-refractivity contribution < 1.29 is 9.90 Å². The predicted octanol–water partition coefficient (Wildman–Crippen LogP) is 1.58. The summed E-state index contributed by atoms with van der Waals surface area (Å²) < 4.78 is 0. The van der Waals surface area contributed by atoms with Crippen LogP contribution in [0.15, 0.2) is 18.3 Å². The molecule has 0 saturated heterocycles. The van der Waals surface area contributed by atoms with Crippen molar-refractivity contribution in [1.29, 1.82) is 0 Å². The molecule has 0 atom stereocenters. The van der Waals surface area contributed by atoms with Crippen LogP contribution in [-0.2, 0) is 0 Å². The fourth-order valence-corrected chi connectivity index (χ4v) is 1.25. The first-order valence-corrected chi connectivity index (χ1v) is 5.57. The average molecular weight is 237 g/mol. The second-order valence-electron chi connectivity index (χ2n) is 4.84. The van der Waals surface area contributed by atoms with Gasteiger partial charge >= 0.3 is 5.97 Å². The standard InChI is InChI=1S/C12H19N3O2/c1-12(2,3)15-7-6-13-10-5-4-9(8-14-10)11(16)17/h4-5,8,15H,6-7H2,1-3H3,(H,13,14)(H,16,17). The largest absolute Gasteiger partial charge is 0.478 e. The molecule has 17 heavy (non-hydrogen) atoms. The van der Waals surface area contributed by atoms with E-state index in [0.717, 1.165) is 13.1 Å². The van der Waals surface area contributed by atoms with E-state index in [-0.39, 0.29) is 11.1 Å². The maximum Gasteiger partial charge on any atom is 0.337 e. The number of hydrogen-bond donors (Lipinski definition) is 3. The quantitative estimate of drug-likeness (QED) is 0.678. The third-order valence-electron chi connectivity index (χ3n) is 2.10. The van der Waals surface area contributed by atoms with Crippen LogP contribution < -0.4 is 10.6 Å². The molecular weight excluding hydrogens is 218 g/mol. The molecule has 3 N–H and O–H groups in total. The van der Waals surface area contributed by atoms with Gasteiger partial charge in [0.15, 0.2) is 0 Å². The Morgan fingerprint density at radius 3 is 2.53 bits per heavy atom.